The molecule has 0 radical (unpaired) electrons. The maximum Gasteiger partial charge on any atom is 0.320 e. The standard InChI is InChI=1S/C11H20N4O2/c1-7(2)12-10(11(16)17)5-6-15-9(4)13-8(3)14-15/h7,10,12H,5-6H2,1-4H3,(H,16,17). The van der Waals surface area contributed by atoms with E-state index < -0.39 is 12.0 Å². The van der Waals surface area contributed by atoms with Gasteiger partial charge in [-0.25, -0.2) is 4.98 Å². The van der Waals surface area contributed by atoms with Crippen molar-refractivity contribution in [1.82, 2.24) is 20.1 Å². The van der Waals surface area contributed by atoms with Gasteiger partial charge in [0, 0.05) is 12.6 Å². The lowest BCUT2D eigenvalue weighted by atomic mass is 10.2. The van der Waals surface area contributed by atoms with Gasteiger partial charge in [0.1, 0.15) is 17.7 Å². The first-order chi connectivity index (χ1) is 7.90. The van der Waals surface area contributed by atoms with Gasteiger partial charge in [-0.05, 0) is 20.3 Å². The molecule has 96 valence electrons. The average molecular weight is 240 g/mol. The SMILES string of the molecule is Cc1nc(C)n(CCC(NC(C)C)C(=O)O)n1. The van der Waals surface area contributed by atoms with Crippen LogP contribution in [0, 0.1) is 13.8 Å². The summed E-state index contributed by atoms with van der Waals surface area (Å²) in [5, 5.41) is 16.3. The highest BCUT2D eigenvalue weighted by Gasteiger charge is 2.18. The van der Waals surface area contributed by atoms with Crippen molar-refractivity contribution in [3.8, 4) is 0 Å². The third-order valence-electron chi connectivity index (χ3n) is 2.42. The Bertz CT molecular complexity index is 387. The molecule has 17 heavy (non-hydrogen) atoms. The van der Waals surface area contributed by atoms with E-state index in [1.807, 2.05) is 27.7 Å². The molecule has 1 unspecified atom stereocenters. The van der Waals surface area contributed by atoms with Crippen LogP contribution in [0.1, 0.15) is 31.9 Å². The second-order valence-corrected chi connectivity index (χ2v) is 4.43. The van der Waals surface area contributed by atoms with E-state index in [1.54, 1.807) is 4.68 Å². The molecule has 1 aromatic rings. The minimum Gasteiger partial charge on any atom is -0.480 e. The Labute approximate surface area is 101 Å². The number of rotatable bonds is 6. The van der Waals surface area contributed by atoms with Crippen molar-refractivity contribution in [2.24, 2.45) is 0 Å². The van der Waals surface area contributed by atoms with Gasteiger partial charge in [-0.15, -0.1) is 0 Å². The lowest BCUT2D eigenvalue weighted by molar-refractivity contribution is -0.139. The van der Waals surface area contributed by atoms with E-state index in [1.165, 1.54) is 0 Å². The Balaban J connectivity index is 2.57. The molecule has 6 nitrogen and oxygen atoms in total. The number of hydrogen-bond donors (Lipinski definition) is 2. The maximum atomic E-state index is 11.0. The van der Waals surface area contributed by atoms with Crippen LogP contribution in [0.25, 0.3) is 0 Å². The fourth-order valence-corrected chi connectivity index (χ4v) is 1.70. The van der Waals surface area contributed by atoms with E-state index in [0.717, 1.165) is 5.82 Å². The second kappa shape index (κ2) is 5.77. The fraction of sp³-hybridized carbons (Fsp3) is 0.727. The minimum absolute atomic E-state index is 0.148. The summed E-state index contributed by atoms with van der Waals surface area (Å²) in [4.78, 5) is 15.2. The van der Waals surface area contributed by atoms with Crippen molar-refractivity contribution in [2.75, 3.05) is 0 Å². The highest BCUT2D eigenvalue weighted by molar-refractivity contribution is 5.73. The van der Waals surface area contributed by atoms with E-state index >= 15 is 0 Å². The smallest absolute Gasteiger partial charge is 0.320 e. The van der Waals surface area contributed by atoms with Gasteiger partial charge in [0.25, 0.3) is 0 Å². The molecule has 0 spiro atoms. The normalized spacial score (nSPS) is 13.0. The highest BCUT2D eigenvalue weighted by Crippen LogP contribution is 2.02. The molecule has 6 heteroatoms. The van der Waals surface area contributed by atoms with Crippen LogP contribution in [0.3, 0.4) is 0 Å². The predicted molar refractivity (Wildman–Crippen MR) is 63.8 cm³/mol. The third kappa shape index (κ3) is 4.14. The predicted octanol–water partition coefficient (Wildman–Crippen LogP) is 0.736. The van der Waals surface area contributed by atoms with Crippen molar-refractivity contribution < 1.29 is 9.90 Å². The summed E-state index contributed by atoms with van der Waals surface area (Å²) in [6.45, 7) is 8.11. The number of nitrogens with zero attached hydrogens (tertiary/aromatic N) is 3. The fourth-order valence-electron chi connectivity index (χ4n) is 1.70. The number of aliphatic carboxylic acids is 1. The molecule has 0 amide bonds. The van der Waals surface area contributed by atoms with Crippen LogP contribution in [0.2, 0.25) is 0 Å². The average Bonchev–Trinajstić information content (AvgIpc) is 2.51. The zero-order valence-electron chi connectivity index (χ0n) is 10.8. The number of aromatic nitrogens is 3. The summed E-state index contributed by atoms with van der Waals surface area (Å²) < 4.78 is 1.74. The van der Waals surface area contributed by atoms with Gasteiger partial charge in [0.05, 0.1) is 0 Å². The summed E-state index contributed by atoms with van der Waals surface area (Å²) in [7, 11) is 0. The minimum atomic E-state index is -0.826. The molecular formula is C11H20N4O2. The first-order valence-corrected chi connectivity index (χ1v) is 5.77. The van der Waals surface area contributed by atoms with Crippen molar-refractivity contribution in [1.29, 1.82) is 0 Å². The summed E-state index contributed by atoms with van der Waals surface area (Å²) in [5.74, 6) is 0.704. The lowest BCUT2D eigenvalue weighted by Crippen LogP contribution is -2.41. The molecule has 1 atom stereocenters. The maximum absolute atomic E-state index is 11.0. The number of carbonyl (C=O) groups is 1. The van der Waals surface area contributed by atoms with Crippen LogP contribution in [-0.4, -0.2) is 37.9 Å². The van der Waals surface area contributed by atoms with Crippen LogP contribution < -0.4 is 5.32 Å². The van der Waals surface area contributed by atoms with Gasteiger partial charge in [-0.3, -0.25) is 9.48 Å². The molecule has 0 bridgehead atoms. The van der Waals surface area contributed by atoms with E-state index in [4.69, 9.17) is 5.11 Å². The molecule has 0 aliphatic carbocycles. The number of nitrogens with one attached hydrogen (secondary N) is 1. The molecule has 0 aliphatic heterocycles. The van der Waals surface area contributed by atoms with Crippen LogP contribution in [-0.2, 0) is 11.3 Å². The number of hydrogen-bond acceptors (Lipinski definition) is 4. The summed E-state index contributed by atoms with van der Waals surface area (Å²) in [5.41, 5.74) is 0. The molecule has 1 aromatic heterocycles. The molecule has 0 aromatic carbocycles. The number of carboxylic acids is 1. The van der Waals surface area contributed by atoms with Crippen LogP contribution in [0.4, 0.5) is 0 Å². The van der Waals surface area contributed by atoms with Gasteiger partial charge in [0.2, 0.25) is 0 Å². The van der Waals surface area contributed by atoms with Gasteiger partial charge < -0.3 is 10.4 Å². The summed E-state index contributed by atoms with van der Waals surface area (Å²) >= 11 is 0. The van der Waals surface area contributed by atoms with Crippen LogP contribution >= 0.6 is 0 Å². The molecule has 0 aliphatic rings. The second-order valence-electron chi connectivity index (χ2n) is 4.43. The molecule has 1 heterocycles. The van der Waals surface area contributed by atoms with E-state index in [-0.39, 0.29) is 6.04 Å². The lowest BCUT2D eigenvalue weighted by Gasteiger charge is -2.17. The van der Waals surface area contributed by atoms with E-state index in [0.29, 0.717) is 18.8 Å². The number of carboxylic acid groups (broad SMARTS) is 1. The molecular weight excluding hydrogens is 220 g/mol. The first kappa shape index (κ1) is 13.6. The van der Waals surface area contributed by atoms with E-state index in [2.05, 4.69) is 15.4 Å². The third-order valence-corrected chi connectivity index (χ3v) is 2.42. The Morgan fingerprint density at radius 2 is 2.12 bits per heavy atom. The Kier molecular flexibility index (Phi) is 4.62. The Hall–Kier alpha value is -1.43. The molecule has 1 rings (SSSR count). The largest absolute Gasteiger partial charge is 0.480 e. The van der Waals surface area contributed by atoms with Crippen LogP contribution in [0.15, 0.2) is 0 Å². The van der Waals surface area contributed by atoms with Gasteiger partial charge in [-0.2, -0.15) is 5.10 Å². The summed E-state index contributed by atoms with van der Waals surface area (Å²) in [6.07, 6.45) is 0.497. The van der Waals surface area contributed by atoms with Crippen molar-refractivity contribution in [2.45, 2.75) is 52.7 Å². The molecule has 0 fully saturated rings. The molecule has 0 saturated heterocycles. The Morgan fingerprint density at radius 1 is 1.47 bits per heavy atom. The van der Waals surface area contributed by atoms with Crippen molar-refractivity contribution in [3.63, 3.8) is 0 Å². The van der Waals surface area contributed by atoms with Crippen LogP contribution in [0.5, 0.6) is 0 Å². The zero-order chi connectivity index (χ0) is 13.0. The van der Waals surface area contributed by atoms with Gasteiger partial charge in [-0.1, -0.05) is 13.8 Å². The Morgan fingerprint density at radius 3 is 2.53 bits per heavy atom. The van der Waals surface area contributed by atoms with Gasteiger partial charge in [0.15, 0.2) is 0 Å². The van der Waals surface area contributed by atoms with Crippen molar-refractivity contribution in [3.05, 3.63) is 11.6 Å². The summed E-state index contributed by atoms with van der Waals surface area (Å²) in [6, 6.07) is -0.395. The van der Waals surface area contributed by atoms with Gasteiger partial charge >= 0.3 is 5.97 Å². The first-order valence-electron chi connectivity index (χ1n) is 5.77. The topological polar surface area (TPSA) is 80.0 Å². The molecule has 0 saturated carbocycles. The number of aryl methyl sites for hydroxylation is 3. The molecule has 2 N–H and O–H groups in total. The zero-order valence-corrected chi connectivity index (χ0v) is 10.8. The quantitative estimate of drug-likeness (QED) is 0.766. The highest BCUT2D eigenvalue weighted by atomic mass is 16.4. The van der Waals surface area contributed by atoms with E-state index in [9.17, 15) is 4.79 Å². The van der Waals surface area contributed by atoms with Crippen molar-refractivity contribution >= 4 is 5.97 Å². The monoisotopic (exact) mass is 240 g/mol.